The van der Waals surface area contributed by atoms with Crippen molar-refractivity contribution >= 4 is 13.3 Å². The molecule has 0 aromatic heterocycles. The van der Waals surface area contributed by atoms with E-state index < -0.39 is 7.54 Å². The van der Waals surface area contributed by atoms with E-state index in [2.05, 4.69) is 41.2 Å². The van der Waals surface area contributed by atoms with E-state index in [-0.39, 0.29) is 34.3 Å². The van der Waals surface area contributed by atoms with E-state index in [0.717, 1.165) is 11.3 Å². The molecule has 0 aromatic rings. The van der Waals surface area contributed by atoms with Crippen LogP contribution in [0, 0.1) is 6.26 Å². The van der Waals surface area contributed by atoms with Gasteiger partial charge in [0.15, 0.2) is 5.71 Å². The first-order chi connectivity index (χ1) is 11.4. The first kappa shape index (κ1) is 26.7. The Morgan fingerprint density at radius 1 is 1.00 bits per heavy atom. The van der Waals surface area contributed by atoms with Gasteiger partial charge in [0, 0.05) is 12.2 Å². The molecular weight excluding hydrogens is 356 g/mol. The molecule has 0 aromatic carbocycles. The third-order valence-electron chi connectivity index (χ3n) is 2.91. The van der Waals surface area contributed by atoms with Gasteiger partial charge in [-0.2, -0.15) is 0 Å². The van der Waals surface area contributed by atoms with Gasteiger partial charge in [0.05, 0.1) is 0 Å². The molecule has 0 bridgehead atoms. The third-order valence-corrected chi connectivity index (χ3v) is 2.91. The zero-order chi connectivity index (χ0) is 17.9. The van der Waals surface area contributed by atoms with E-state index in [0.29, 0.717) is 0 Å². The van der Waals surface area contributed by atoms with Gasteiger partial charge in [-0.25, -0.2) is 4.58 Å². The normalized spacial score (nSPS) is 16.1. The summed E-state index contributed by atoms with van der Waals surface area (Å²) in [7, 11) is 0.414. The Balaban J connectivity index is 0. The average molecular weight is 375 g/mol. The molecule has 1 heterocycles. The van der Waals surface area contributed by atoms with Crippen LogP contribution in [-0.2, 0) is 4.74 Å². The molecule has 0 saturated carbocycles. The van der Waals surface area contributed by atoms with Crippen molar-refractivity contribution in [2.75, 3.05) is 14.1 Å². The average Bonchev–Trinajstić information content (AvgIpc) is 2.51. The summed E-state index contributed by atoms with van der Waals surface area (Å²) in [5.41, 5.74) is 3.48. The molecule has 0 unspecified atom stereocenters. The first-order valence-electron chi connectivity index (χ1n) is 7.23. The quantitative estimate of drug-likeness (QED) is 0.245. The zero-order valence-electron chi connectivity index (χ0n) is 15.2. The van der Waals surface area contributed by atoms with E-state index in [1.165, 1.54) is 11.3 Å². The van der Waals surface area contributed by atoms with Crippen LogP contribution in [0.1, 0.15) is 6.92 Å². The zero-order valence-corrected chi connectivity index (χ0v) is 17.2. The minimum Gasteiger partial charge on any atom is -1.00 e. The summed E-state index contributed by atoms with van der Waals surface area (Å²) in [6, 6.07) is 0. The largest absolute Gasteiger partial charge is 1.00 e. The van der Waals surface area contributed by atoms with Gasteiger partial charge in [-0.3, -0.25) is 12.9 Å². The molecule has 0 saturated heterocycles. The molecule has 0 radical (unpaired) electrons. The Bertz CT molecular complexity index is 665. The van der Waals surface area contributed by atoms with Crippen LogP contribution in [0.3, 0.4) is 0 Å². The third kappa shape index (κ3) is 11.9. The number of allylic oxidation sites excluding steroid dienone is 13. The number of ether oxygens (including phenoxy) is 1. The van der Waals surface area contributed by atoms with Crippen molar-refractivity contribution in [2.24, 2.45) is 0 Å². The van der Waals surface area contributed by atoms with Crippen LogP contribution in [0.2, 0.25) is 0 Å². The Hall–Kier alpha value is -1.57. The molecule has 0 atom stereocenters. The van der Waals surface area contributed by atoms with Crippen LogP contribution in [0.5, 0.6) is 0 Å². The van der Waals surface area contributed by atoms with Gasteiger partial charge >= 0.3 is 37.1 Å². The maximum atomic E-state index is 9.67. The van der Waals surface area contributed by atoms with Crippen molar-refractivity contribution in [1.82, 2.24) is 0 Å². The molecule has 2 nitrogen and oxygen atoms in total. The molecule has 2 rings (SSSR count). The van der Waals surface area contributed by atoms with Crippen LogP contribution < -0.4 is 34.3 Å². The van der Waals surface area contributed by atoms with E-state index in [9.17, 15) is 12.9 Å². The Morgan fingerprint density at radius 3 is 1.96 bits per heavy atom. The van der Waals surface area contributed by atoms with Gasteiger partial charge in [-0.15, -0.1) is 23.8 Å². The second-order valence-electron chi connectivity index (χ2n) is 5.07. The monoisotopic (exact) mass is 375 g/mol. The van der Waals surface area contributed by atoms with E-state index in [1.54, 1.807) is 0 Å². The van der Waals surface area contributed by atoms with Crippen molar-refractivity contribution in [3.05, 3.63) is 83.9 Å². The molecule has 0 fully saturated rings. The molecule has 1 aliphatic carbocycles. The molecule has 1 aliphatic heterocycles. The van der Waals surface area contributed by atoms with Gasteiger partial charge in [-0.05, 0) is 29.7 Å². The molecule has 2 aliphatic rings. The Kier molecular flexibility index (Phi) is 15.0. The summed E-state index contributed by atoms with van der Waals surface area (Å²) >= 11 is 0. The summed E-state index contributed by atoms with van der Waals surface area (Å²) in [6.45, 7) is 1.91. The molecule has 8 heteroatoms. The van der Waals surface area contributed by atoms with E-state index in [4.69, 9.17) is 4.74 Å². The molecule has 0 spiro atoms. The summed E-state index contributed by atoms with van der Waals surface area (Å²) in [5.74, 6) is 0.857. The van der Waals surface area contributed by atoms with Crippen LogP contribution in [0.25, 0.3) is 0 Å². The summed E-state index contributed by atoms with van der Waals surface area (Å²) < 4.78 is 36.2. The maximum Gasteiger partial charge on any atom is 1.00 e. The van der Waals surface area contributed by atoms with Crippen molar-refractivity contribution in [2.45, 2.75) is 6.92 Å². The van der Waals surface area contributed by atoms with Crippen molar-refractivity contribution in [1.29, 1.82) is 0 Å². The summed E-state index contributed by atoms with van der Waals surface area (Å²) in [5, 5.41) is 0. The molecular formula is C18H19BF4NNaO. The number of halogens is 4. The second kappa shape index (κ2) is 14.6. The minimum absolute atomic E-state index is 0. The summed E-state index contributed by atoms with van der Waals surface area (Å²) in [6.07, 6.45) is 23.2. The Morgan fingerprint density at radius 2 is 1.50 bits per heavy atom. The van der Waals surface area contributed by atoms with E-state index in [1.807, 2.05) is 51.4 Å². The van der Waals surface area contributed by atoms with Crippen molar-refractivity contribution in [3.63, 3.8) is 0 Å². The first-order valence-corrected chi connectivity index (χ1v) is 7.23. The number of hydrogen-bond acceptors (Lipinski definition) is 1. The van der Waals surface area contributed by atoms with Gasteiger partial charge in [0.1, 0.15) is 14.1 Å². The van der Waals surface area contributed by atoms with Gasteiger partial charge < -0.3 is 9.44 Å². The maximum absolute atomic E-state index is 9.67. The Labute approximate surface area is 174 Å². The number of nitrogens with zero attached hydrogens (tertiary/aromatic N) is 1. The smallest absolute Gasteiger partial charge is 1.00 e. The van der Waals surface area contributed by atoms with Gasteiger partial charge in [-0.1, -0.05) is 25.2 Å². The van der Waals surface area contributed by atoms with Crippen LogP contribution in [0.4, 0.5) is 12.9 Å². The topological polar surface area (TPSA) is 12.2 Å². The predicted octanol–water partition coefficient (Wildman–Crippen LogP) is -1.63. The second-order valence-corrected chi connectivity index (χ2v) is 5.07. The molecule has 0 N–H and O–H groups in total. The van der Waals surface area contributed by atoms with Crippen LogP contribution in [-0.4, -0.2) is 31.9 Å². The fourth-order valence-electron chi connectivity index (χ4n) is 1.81. The predicted molar refractivity (Wildman–Crippen MR) is 92.4 cm³/mol. The van der Waals surface area contributed by atoms with Gasteiger partial charge in [0.2, 0.25) is 0 Å². The molecule has 134 valence electrons. The SMILES string of the molecule is CC1=CC(=CC=CC=C2C=CC(=[N+](C)C)C=C2)C=[C-]O1.FB(F)F.[F-].[Na+]. The van der Waals surface area contributed by atoms with E-state index >= 15 is 0 Å². The van der Waals surface area contributed by atoms with Crippen molar-refractivity contribution in [3.8, 4) is 0 Å². The van der Waals surface area contributed by atoms with Crippen LogP contribution in [0.15, 0.2) is 77.7 Å². The fourth-order valence-corrected chi connectivity index (χ4v) is 1.81. The van der Waals surface area contributed by atoms with Gasteiger partial charge in [0.25, 0.3) is 0 Å². The molecule has 26 heavy (non-hydrogen) atoms. The standard InChI is InChI=1S/C18H19NO.BF3.FH.Na/c1-15-14-17(12-13-20-15)7-5-4-6-16-8-10-18(11-9-16)19(2)3;2-1(3)4;;/h4-12,14H,1-3H3;;1H;/q;;;+1/p-1. The minimum atomic E-state index is -3.67. The van der Waals surface area contributed by atoms with Crippen molar-refractivity contribution < 1.29 is 56.5 Å². The molecule has 0 amide bonds. The fraction of sp³-hybridized carbons (Fsp3) is 0.167. The summed E-state index contributed by atoms with van der Waals surface area (Å²) in [4.78, 5) is 0. The number of rotatable bonds is 2. The number of hydrogen-bond donors (Lipinski definition) is 0. The van der Waals surface area contributed by atoms with Crippen LogP contribution >= 0.6 is 0 Å².